The molecular weight excluding hydrogens is 1110 g/mol. The van der Waals surface area contributed by atoms with E-state index in [0.717, 1.165) is 17.3 Å². The van der Waals surface area contributed by atoms with Gasteiger partial charge in [-0.25, -0.2) is 4.98 Å². The molecule has 1 unspecified atom stereocenters. The van der Waals surface area contributed by atoms with E-state index in [2.05, 4.69) is 68.1 Å². The average Bonchev–Trinajstić information content (AvgIpc) is 2.93. The molecular formula is C59H86N16O11. The van der Waals surface area contributed by atoms with Gasteiger partial charge >= 0.3 is 0 Å². The summed E-state index contributed by atoms with van der Waals surface area (Å²) < 4.78 is 0. The third-order valence-corrected chi connectivity index (χ3v) is 15.0. The highest BCUT2D eigenvalue weighted by molar-refractivity contribution is 5.99. The van der Waals surface area contributed by atoms with Crippen LogP contribution in [0, 0.1) is 17.2 Å². The van der Waals surface area contributed by atoms with Gasteiger partial charge in [-0.2, -0.15) is 0 Å². The number of guanidine groups is 1. The van der Waals surface area contributed by atoms with Crippen LogP contribution in [-0.4, -0.2) is 176 Å². The van der Waals surface area contributed by atoms with Crippen molar-refractivity contribution in [1.29, 1.82) is 5.41 Å². The Hall–Kier alpha value is -8.59. The largest absolute Gasteiger partial charge is 0.508 e. The van der Waals surface area contributed by atoms with E-state index in [1.165, 1.54) is 35.5 Å². The molecule has 86 heavy (non-hydrogen) atoms. The number of aliphatic hydroxyl groups excluding tert-OH is 1. The van der Waals surface area contributed by atoms with Crippen molar-refractivity contribution >= 4 is 70.0 Å². The molecule has 4 aromatic rings. The van der Waals surface area contributed by atoms with Crippen molar-refractivity contribution in [2.45, 2.75) is 160 Å². The summed E-state index contributed by atoms with van der Waals surface area (Å²) >= 11 is 0. The Morgan fingerprint density at radius 3 is 1.85 bits per heavy atom. The number of likely N-dealkylation sites (N-methyl/N-ethyl adjacent to an activating group) is 1. The lowest BCUT2D eigenvalue weighted by molar-refractivity contribution is -0.142. The Bertz CT molecular complexity index is 2950. The second-order valence-corrected chi connectivity index (χ2v) is 22.8. The number of hydrogen-bond donors (Lipinski definition) is 16. The maximum absolute atomic E-state index is 14.7. The van der Waals surface area contributed by atoms with E-state index in [0.29, 0.717) is 55.6 Å². The van der Waals surface area contributed by atoms with Crippen molar-refractivity contribution in [2.24, 2.45) is 17.6 Å². The first kappa shape index (κ1) is 66.5. The molecule has 468 valence electrons. The van der Waals surface area contributed by atoms with Crippen LogP contribution in [-0.2, 0) is 62.4 Å². The topological polar surface area (TPSA) is 412 Å². The van der Waals surface area contributed by atoms with E-state index in [1.807, 2.05) is 52.0 Å². The SMILES string of the molecule is CCNC(=O)[C@@H]1CCCN1C(=O)[C@H](CCCNC(=N)N)NC(=O)[C@H](CC(C)C)NC(=O)[C@@H](CC(C)C)NC(=O)[C@H](Cc1ccc(O)cc1)NC(=O)[C@H](CO)NC(=O)[C@H](Cc1c[nH]c2ccccc12)NC(=O)[C@H](Cc1c[nH]cn1)NC(=O)C1CCCN1. The summed E-state index contributed by atoms with van der Waals surface area (Å²) in [4.78, 5) is 139. The van der Waals surface area contributed by atoms with Crippen LogP contribution in [0.15, 0.2) is 67.3 Å². The lowest BCUT2D eigenvalue weighted by atomic mass is 9.98. The molecule has 2 fully saturated rings. The maximum Gasteiger partial charge on any atom is 0.245 e. The van der Waals surface area contributed by atoms with Crippen molar-refractivity contribution in [2.75, 3.05) is 32.8 Å². The Kier molecular flexibility index (Phi) is 25.2. The Morgan fingerprint density at radius 2 is 1.27 bits per heavy atom. The number of carbonyl (C=O) groups excluding carboxylic acids is 9. The minimum absolute atomic E-state index is 0.0393. The zero-order chi connectivity index (χ0) is 62.5. The van der Waals surface area contributed by atoms with Gasteiger partial charge in [0.15, 0.2) is 5.96 Å². The summed E-state index contributed by atoms with van der Waals surface area (Å²) in [6.07, 6.45) is 7.20. The Labute approximate surface area is 500 Å². The predicted octanol–water partition coefficient (Wildman–Crippen LogP) is -0.755. The van der Waals surface area contributed by atoms with Crippen molar-refractivity contribution in [3.8, 4) is 5.75 Å². The fraction of sp³-hybridized carbons (Fsp3) is 0.542. The number of aromatic nitrogens is 3. The van der Waals surface area contributed by atoms with Crippen molar-refractivity contribution in [1.82, 2.24) is 73.0 Å². The van der Waals surface area contributed by atoms with E-state index < -0.39 is 108 Å². The van der Waals surface area contributed by atoms with Gasteiger partial charge in [0, 0.05) is 62.2 Å². The molecule has 0 aliphatic carbocycles. The van der Waals surface area contributed by atoms with Crippen LogP contribution >= 0.6 is 0 Å². The molecule has 0 radical (unpaired) electrons. The number of phenols is 1. The summed E-state index contributed by atoms with van der Waals surface area (Å²) in [5, 5.41) is 57.0. The van der Waals surface area contributed by atoms with Gasteiger partial charge in [0.2, 0.25) is 53.2 Å². The molecule has 0 spiro atoms. The van der Waals surface area contributed by atoms with Crippen molar-refractivity contribution in [3.63, 3.8) is 0 Å². The van der Waals surface area contributed by atoms with Crippen LogP contribution in [0.25, 0.3) is 10.9 Å². The van der Waals surface area contributed by atoms with E-state index in [9.17, 15) is 53.4 Å². The number of imidazole rings is 1. The first-order chi connectivity index (χ1) is 41.1. The quantitative estimate of drug-likeness (QED) is 0.0162. The number of phenolic OH excluding ortho intramolecular Hbond substituents is 1. The summed E-state index contributed by atoms with van der Waals surface area (Å²) in [5.41, 5.74) is 7.78. The van der Waals surface area contributed by atoms with E-state index in [1.54, 1.807) is 19.3 Å². The van der Waals surface area contributed by atoms with Crippen molar-refractivity contribution < 1.29 is 53.4 Å². The molecule has 9 amide bonds. The molecule has 27 heteroatoms. The van der Waals surface area contributed by atoms with Gasteiger partial charge < -0.3 is 84.0 Å². The number of fused-ring (bicyclic) bond motifs is 1. The van der Waals surface area contributed by atoms with E-state index >= 15 is 0 Å². The molecule has 2 aromatic heterocycles. The van der Waals surface area contributed by atoms with Gasteiger partial charge in [-0.1, -0.05) is 58.0 Å². The van der Waals surface area contributed by atoms with Crippen LogP contribution in [0.3, 0.4) is 0 Å². The number of hydrogen-bond acceptors (Lipinski definition) is 14. The highest BCUT2D eigenvalue weighted by atomic mass is 16.3. The fourth-order valence-electron chi connectivity index (χ4n) is 10.6. The third kappa shape index (κ3) is 19.7. The number of likely N-dealkylation sites (tertiary alicyclic amines) is 1. The number of aromatic hydroxyl groups is 1. The molecule has 2 aliphatic heterocycles. The first-order valence-corrected chi connectivity index (χ1v) is 29.6. The zero-order valence-corrected chi connectivity index (χ0v) is 49.6. The smallest absolute Gasteiger partial charge is 0.245 e. The highest BCUT2D eigenvalue weighted by Crippen LogP contribution is 2.22. The molecule has 6 rings (SSSR count). The summed E-state index contributed by atoms with van der Waals surface area (Å²) in [6.45, 7) is 9.59. The lowest BCUT2D eigenvalue weighted by Gasteiger charge is -2.31. The minimum Gasteiger partial charge on any atom is -0.508 e. The Morgan fingerprint density at radius 1 is 0.686 bits per heavy atom. The molecule has 0 saturated carbocycles. The van der Waals surface area contributed by atoms with Crippen molar-refractivity contribution in [3.05, 3.63) is 84.1 Å². The zero-order valence-electron chi connectivity index (χ0n) is 49.6. The average molecular weight is 1200 g/mol. The maximum atomic E-state index is 14.7. The molecule has 17 N–H and O–H groups in total. The molecule has 4 heterocycles. The second kappa shape index (κ2) is 32.6. The minimum atomic E-state index is -1.72. The number of aromatic amines is 2. The van der Waals surface area contributed by atoms with Crippen LogP contribution in [0.4, 0.5) is 0 Å². The number of carbonyl (C=O) groups is 9. The molecule has 2 aromatic carbocycles. The molecule has 27 nitrogen and oxygen atoms in total. The van der Waals surface area contributed by atoms with Crippen LogP contribution in [0.5, 0.6) is 5.75 Å². The molecule has 2 aliphatic rings. The number of aliphatic hydroxyl groups is 1. The number of H-pyrrole nitrogens is 2. The van der Waals surface area contributed by atoms with Crippen LogP contribution in [0.2, 0.25) is 0 Å². The summed E-state index contributed by atoms with van der Waals surface area (Å²) in [7, 11) is 0. The van der Waals surface area contributed by atoms with Crippen LogP contribution < -0.4 is 58.9 Å². The van der Waals surface area contributed by atoms with Gasteiger partial charge in [0.1, 0.15) is 54.1 Å². The molecule has 9 atom stereocenters. The first-order valence-electron chi connectivity index (χ1n) is 29.6. The van der Waals surface area contributed by atoms with Gasteiger partial charge in [-0.15, -0.1) is 0 Å². The van der Waals surface area contributed by atoms with Crippen LogP contribution in [0.1, 0.15) is 103 Å². The van der Waals surface area contributed by atoms with Gasteiger partial charge in [0.05, 0.1) is 24.7 Å². The highest BCUT2D eigenvalue weighted by Gasteiger charge is 2.40. The number of nitrogens with two attached hydrogens (primary N) is 1. The third-order valence-electron chi connectivity index (χ3n) is 15.0. The summed E-state index contributed by atoms with van der Waals surface area (Å²) in [5.74, 6) is -6.90. The fourth-order valence-corrected chi connectivity index (χ4v) is 10.6. The number of nitrogens with one attached hydrogen (secondary N) is 13. The standard InChI is InChI=1S/C59H86N16O11/c1-6-63-57(85)49-16-11-23-75(49)58(86)42(15-10-22-65-59(60)61)68-51(79)43(24-33(2)3)69-52(80)44(25-34(4)5)70-53(81)45(26-35-17-19-38(77)20-18-35)71-56(84)48(31-76)74-54(82)46(27-36-29-66-40-13-8-7-12-39(36)40)72-55(83)47(28-37-30-62-32-67-37)73-50(78)41-14-9-21-64-41/h7-8,12-13,17-20,29-30,32-34,41-49,64,66,76-77H,6,9-11,14-16,21-28,31H2,1-5H3,(H,62,67)(H,63,85)(H,68,79)(H,69,80)(H,70,81)(H,71,84)(H,72,83)(H,73,78)(H,74,82)(H4,60,61,65)/t41?,42-,43-,44+,45-,46-,47-,48-,49-/m0/s1. The monoisotopic (exact) mass is 1190 g/mol. The summed E-state index contributed by atoms with van der Waals surface area (Å²) in [6, 6.07) is 2.35. The number of para-hydroxylation sites is 1. The molecule has 2 saturated heterocycles. The van der Waals surface area contributed by atoms with E-state index in [4.69, 9.17) is 11.1 Å². The van der Waals surface area contributed by atoms with Gasteiger partial charge in [-0.05, 0) is 106 Å². The number of nitrogens with zero attached hydrogens (tertiary/aromatic N) is 2. The second-order valence-electron chi connectivity index (χ2n) is 22.8. The lowest BCUT2D eigenvalue weighted by Crippen LogP contribution is -2.61. The van der Waals surface area contributed by atoms with Gasteiger partial charge in [0.25, 0.3) is 0 Å². The van der Waals surface area contributed by atoms with Gasteiger partial charge in [-0.3, -0.25) is 48.6 Å². The number of amides is 9. The number of benzene rings is 2. The normalized spacial score (nSPS) is 17.3. The number of rotatable bonds is 32. The van der Waals surface area contributed by atoms with E-state index in [-0.39, 0.29) is 81.1 Å². The Balaban J connectivity index is 1.22. The predicted molar refractivity (Wildman–Crippen MR) is 319 cm³/mol. The molecule has 0 bridgehead atoms.